The molecule has 2 aliphatic rings. The van der Waals surface area contributed by atoms with E-state index in [1.165, 1.54) is 5.56 Å². The average molecular weight is 391 g/mol. The number of carbonyl (C=O) groups is 3. The molecule has 2 aliphatic heterocycles. The van der Waals surface area contributed by atoms with Gasteiger partial charge in [-0.15, -0.1) is 0 Å². The van der Waals surface area contributed by atoms with E-state index in [1.54, 1.807) is 41.0 Å². The van der Waals surface area contributed by atoms with Gasteiger partial charge in [0.1, 0.15) is 0 Å². The molecule has 2 heterocycles. The first kappa shape index (κ1) is 19.2. The Hall–Kier alpha value is -3.15. The number of fused-ring (bicyclic) bond motifs is 1. The minimum atomic E-state index is -0.0597. The van der Waals surface area contributed by atoms with Crippen molar-refractivity contribution in [1.82, 2.24) is 9.80 Å². The third-order valence-electron chi connectivity index (χ3n) is 5.75. The van der Waals surface area contributed by atoms with Crippen LogP contribution in [-0.4, -0.2) is 60.2 Å². The first-order valence-electron chi connectivity index (χ1n) is 10.1. The lowest BCUT2D eigenvalue weighted by Gasteiger charge is -2.34. The number of carbonyl (C=O) groups excluding carboxylic acids is 3. The maximum atomic E-state index is 13.0. The normalized spacial score (nSPS) is 16.4. The lowest BCUT2D eigenvalue weighted by atomic mass is 10.0. The second kappa shape index (κ2) is 8.07. The number of para-hydroxylation sites is 1. The Morgan fingerprint density at radius 3 is 1.97 bits per heavy atom. The fourth-order valence-corrected chi connectivity index (χ4v) is 4.06. The first-order valence-corrected chi connectivity index (χ1v) is 10.1. The van der Waals surface area contributed by atoms with E-state index in [-0.39, 0.29) is 17.7 Å². The summed E-state index contributed by atoms with van der Waals surface area (Å²) in [6.45, 7) is 4.44. The van der Waals surface area contributed by atoms with Crippen LogP contribution in [-0.2, 0) is 11.2 Å². The van der Waals surface area contributed by atoms with Gasteiger partial charge in [0.15, 0.2) is 0 Å². The van der Waals surface area contributed by atoms with Gasteiger partial charge in [-0.1, -0.05) is 18.2 Å². The molecular weight excluding hydrogens is 366 g/mol. The fourth-order valence-electron chi connectivity index (χ4n) is 4.06. The SMILES string of the molecule is CC(=O)N1CCN(C(=O)c2ccc(C(=O)N3CCCc4ccccc43)cc2)CC1. The molecule has 6 heteroatoms. The molecule has 0 atom stereocenters. The van der Waals surface area contributed by atoms with Crippen molar-refractivity contribution in [3.63, 3.8) is 0 Å². The molecule has 29 heavy (non-hydrogen) atoms. The first-order chi connectivity index (χ1) is 14.0. The highest BCUT2D eigenvalue weighted by atomic mass is 16.2. The number of piperazine rings is 1. The zero-order valence-corrected chi connectivity index (χ0v) is 16.6. The molecule has 1 fully saturated rings. The fraction of sp³-hybridized carbons (Fsp3) is 0.348. The van der Waals surface area contributed by atoms with Gasteiger partial charge in [0, 0.05) is 56.5 Å². The van der Waals surface area contributed by atoms with Crippen molar-refractivity contribution < 1.29 is 14.4 Å². The smallest absolute Gasteiger partial charge is 0.258 e. The third-order valence-corrected chi connectivity index (χ3v) is 5.75. The second-order valence-corrected chi connectivity index (χ2v) is 7.56. The highest BCUT2D eigenvalue weighted by Gasteiger charge is 2.25. The van der Waals surface area contributed by atoms with Crippen molar-refractivity contribution in [2.24, 2.45) is 0 Å². The average Bonchev–Trinajstić information content (AvgIpc) is 2.78. The summed E-state index contributed by atoms with van der Waals surface area (Å²) in [5.74, 6) is -0.0546. The quantitative estimate of drug-likeness (QED) is 0.791. The monoisotopic (exact) mass is 391 g/mol. The largest absolute Gasteiger partial charge is 0.339 e. The maximum Gasteiger partial charge on any atom is 0.258 e. The van der Waals surface area contributed by atoms with E-state index < -0.39 is 0 Å². The van der Waals surface area contributed by atoms with E-state index in [2.05, 4.69) is 6.07 Å². The molecule has 1 saturated heterocycles. The molecule has 4 rings (SSSR count). The molecule has 0 unspecified atom stereocenters. The van der Waals surface area contributed by atoms with Crippen LogP contribution in [0.15, 0.2) is 48.5 Å². The molecule has 3 amide bonds. The van der Waals surface area contributed by atoms with E-state index in [1.807, 2.05) is 23.1 Å². The summed E-state index contributed by atoms with van der Waals surface area (Å²) in [7, 11) is 0. The molecule has 6 nitrogen and oxygen atoms in total. The number of hydrogen-bond acceptors (Lipinski definition) is 3. The van der Waals surface area contributed by atoms with Crippen molar-refractivity contribution in [3.05, 3.63) is 65.2 Å². The number of hydrogen-bond donors (Lipinski definition) is 0. The van der Waals surface area contributed by atoms with Gasteiger partial charge in [-0.05, 0) is 48.7 Å². The number of benzene rings is 2. The number of nitrogens with zero attached hydrogens (tertiary/aromatic N) is 3. The van der Waals surface area contributed by atoms with Crippen molar-refractivity contribution in [2.45, 2.75) is 19.8 Å². The summed E-state index contributed by atoms with van der Waals surface area (Å²) in [5.41, 5.74) is 3.33. The van der Waals surface area contributed by atoms with Crippen LogP contribution in [0.4, 0.5) is 5.69 Å². The number of aryl methyl sites for hydroxylation is 1. The van der Waals surface area contributed by atoms with Crippen LogP contribution >= 0.6 is 0 Å². The van der Waals surface area contributed by atoms with Crippen LogP contribution in [0.5, 0.6) is 0 Å². The standard InChI is InChI=1S/C23H25N3O3/c1-17(27)24-13-15-25(16-14-24)22(28)19-8-10-20(11-9-19)23(29)26-12-4-6-18-5-2-3-7-21(18)26/h2-3,5,7-11H,4,6,12-16H2,1H3. The molecule has 0 bridgehead atoms. The highest BCUT2D eigenvalue weighted by molar-refractivity contribution is 6.07. The zero-order valence-electron chi connectivity index (χ0n) is 16.6. The highest BCUT2D eigenvalue weighted by Crippen LogP contribution is 2.28. The Kier molecular flexibility index (Phi) is 5.34. The lowest BCUT2D eigenvalue weighted by Crippen LogP contribution is -2.50. The van der Waals surface area contributed by atoms with E-state index in [9.17, 15) is 14.4 Å². The van der Waals surface area contributed by atoms with Gasteiger partial charge >= 0.3 is 0 Å². The lowest BCUT2D eigenvalue weighted by molar-refractivity contribution is -0.130. The number of amides is 3. The van der Waals surface area contributed by atoms with Gasteiger partial charge in [-0.3, -0.25) is 14.4 Å². The van der Waals surface area contributed by atoms with E-state index in [0.717, 1.165) is 18.5 Å². The number of anilines is 1. The minimum Gasteiger partial charge on any atom is -0.339 e. The second-order valence-electron chi connectivity index (χ2n) is 7.56. The number of rotatable bonds is 2. The van der Waals surface area contributed by atoms with Gasteiger partial charge in [0.2, 0.25) is 5.91 Å². The van der Waals surface area contributed by atoms with Crippen LogP contribution in [0, 0.1) is 0 Å². The topological polar surface area (TPSA) is 60.9 Å². The molecule has 2 aromatic rings. The summed E-state index contributed by atoms with van der Waals surface area (Å²) >= 11 is 0. The van der Waals surface area contributed by atoms with Gasteiger partial charge in [0.25, 0.3) is 11.8 Å². The molecular formula is C23H25N3O3. The summed E-state index contributed by atoms with van der Waals surface area (Å²) in [6, 6.07) is 14.9. The molecule has 0 aromatic heterocycles. The van der Waals surface area contributed by atoms with Crippen molar-refractivity contribution >= 4 is 23.4 Å². The van der Waals surface area contributed by atoms with Gasteiger partial charge in [-0.2, -0.15) is 0 Å². The Morgan fingerprint density at radius 1 is 0.724 bits per heavy atom. The van der Waals surface area contributed by atoms with E-state index >= 15 is 0 Å². The Bertz CT molecular complexity index is 931. The summed E-state index contributed by atoms with van der Waals surface area (Å²) in [5, 5.41) is 0. The van der Waals surface area contributed by atoms with Gasteiger partial charge in [0.05, 0.1) is 0 Å². The Labute approximate surface area is 170 Å². The Morgan fingerprint density at radius 2 is 1.31 bits per heavy atom. The van der Waals surface area contributed by atoms with Crippen molar-refractivity contribution in [2.75, 3.05) is 37.6 Å². The minimum absolute atomic E-state index is 0.0359. The zero-order chi connectivity index (χ0) is 20.4. The van der Waals surface area contributed by atoms with E-state index in [4.69, 9.17) is 0 Å². The van der Waals surface area contributed by atoms with Crippen LogP contribution in [0.2, 0.25) is 0 Å². The predicted molar refractivity (Wildman–Crippen MR) is 111 cm³/mol. The van der Waals surface area contributed by atoms with Gasteiger partial charge in [-0.25, -0.2) is 0 Å². The molecule has 2 aromatic carbocycles. The van der Waals surface area contributed by atoms with Gasteiger partial charge < -0.3 is 14.7 Å². The van der Waals surface area contributed by atoms with E-state index in [0.29, 0.717) is 43.9 Å². The maximum absolute atomic E-state index is 13.0. The molecule has 150 valence electrons. The molecule has 0 spiro atoms. The summed E-state index contributed by atoms with van der Waals surface area (Å²) in [4.78, 5) is 42.6. The molecule has 0 N–H and O–H groups in total. The molecule has 0 saturated carbocycles. The predicted octanol–water partition coefficient (Wildman–Crippen LogP) is 2.58. The third kappa shape index (κ3) is 3.88. The van der Waals surface area contributed by atoms with Crippen molar-refractivity contribution in [1.29, 1.82) is 0 Å². The summed E-state index contributed by atoms with van der Waals surface area (Å²) < 4.78 is 0. The Balaban J connectivity index is 1.45. The molecule has 0 aliphatic carbocycles. The molecule has 0 radical (unpaired) electrons. The van der Waals surface area contributed by atoms with Crippen LogP contribution < -0.4 is 4.90 Å². The van der Waals surface area contributed by atoms with Crippen LogP contribution in [0.1, 0.15) is 39.6 Å². The van der Waals surface area contributed by atoms with Crippen molar-refractivity contribution in [3.8, 4) is 0 Å². The van der Waals surface area contributed by atoms with Crippen LogP contribution in [0.25, 0.3) is 0 Å². The summed E-state index contributed by atoms with van der Waals surface area (Å²) in [6.07, 6.45) is 1.94. The van der Waals surface area contributed by atoms with Crippen LogP contribution in [0.3, 0.4) is 0 Å².